The first-order valence-electron chi connectivity index (χ1n) is 5.38. The predicted octanol–water partition coefficient (Wildman–Crippen LogP) is 3.65. The minimum Gasteiger partial charge on any atom is -0.363 e. The van der Waals surface area contributed by atoms with Crippen molar-refractivity contribution in [1.82, 2.24) is 14.2 Å². The van der Waals surface area contributed by atoms with E-state index < -0.39 is 0 Å². The second-order valence-corrected chi connectivity index (χ2v) is 4.81. The van der Waals surface area contributed by atoms with Gasteiger partial charge in [-0.2, -0.15) is 5.10 Å². The van der Waals surface area contributed by atoms with E-state index in [1.165, 1.54) is 0 Å². The lowest BCUT2D eigenvalue weighted by molar-refractivity contribution is 0.776. The molecular weight excluding hydrogens is 292 g/mol. The maximum Gasteiger partial charge on any atom is 0.244 e. The van der Waals surface area contributed by atoms with Gasteiger partial charge in [0.2, 0.25) is 5.82 Å². The summed E-state index contributed by atoms with van der Waals surface area (Å²) >= 11 is 3.48. The van der Waals surface area contributed by atoms with Crippen LogP contribution in [0.3, 0.4) is 0 Å². The van der Waals surface area contributed by atoms with E-state index >= 15 is 0 Å². The van der Waals surface area contributed by atoms with Crippen molar-refractivity contribution in [1.29, 1.82) is 0 Å². The normalized spacial score (nSPS) is 10.7. The third-order valence-electron chi connectivity index (χ3n) is 2.91. The molecule has 3 aromatic rings. The second kappa shape index (κ2) is 4.00. The van der Waals surface area contributed by atoms with E-state index in [0.717, 1.165) is 21.2 Å². The Labute approximate surface area is 112 Å². The van der Waals surface area contributed by atoms with Gasteiger partial charge in [-0.05, 0) is 34.1 Å². The molecule has 0 N–H and O–H groups in total. The van der Waals surface area contributed by atoms with Gasteiger partial charge in [0.1, 0.15) is 5.52 Å². The quantitative estimate of drug-likeness (QED) is 0.630. The van der Waals surface area contributed by atoms with Crippen molar-refractivity contribution in [2.75, 3.05) is 0 Å². The van der Waals surface area contributed by atoms with Crippen molar-refractivity contribution in [3.8, 4) is 11.3 Å². The van der Waals surface area contributed by atoms with Crippen LogP contribution in [-0.4, -0.2) is 14.2 Å². The Kier molecular flexibility index (Phi) is 2.46. The fourth-order valence-corrected chi connectivity index (χ4v) is 2.67. The number of nitrogens with zero attached hydrogens (tertiary/aromatic N) is 4. The molecule has 0 aliphatic rings. The first kappa shape index (κ1) is 11.1. The van der Waals surface area contributed by atoms with E-state index in [1.54, 1.807) is 10.9 Å². The van der Waals surface area contributed by atoms with Crippen LogP contribution in [0.1, 0.15) is 0 Å². The highest BCUT2D eigenvalue weighted by Crippen LogP contribution is 2.37. The van der Waals surface area contributed by atoms with Gasteiger partial charge >= 0.3 is 0 Å². The minimum absolute atomic E-state index is 0.606. The van der Waals surface area contributed by atoms with Gasteiger partial charge < -0.3 is 4.85 Å². The summed E-state index contributed by atoms with van der Waals surface area (Å²) in [4.78, 5) is 3.65. The second-order valence-electron chi connectivity index (χ2n) is 3.95. The minimum atomic E-state index is 0.606. The largest absolute Gasteiger partial charge is 0.363 e. The van der Waals surface area contributed by atoms with Gasteiger partial charge in [-0.25, -0.2) is 0 Å². The van der Waals surface area contributed by atoms with Gasteiger partial charge in [-0.15, -0.1) is 0 Å². The number of rotatable bonds is 1. The Hall–Kier alpha value is -2.06. The molecule has 0 spiro atoms. The van der Waals surface area contributed by atoms with E-state index in [9.17, 15) is 0 Å². The molecular formula is C13H9BrN4. The highest BCUT2D eigenvalue weighted by molar-refractivity contribution is 9.10. The molecule has 0 radical (unpaired) electrons. The van der Waals surface area contributed by atoms with E-state index in [-0.39, 0.29) is 0 Å². The lowest BCUT2D eigenvalue weighted by Gasteiger charge is -2.01. The summed E-state index contributed by atoms with van der Waals surface area (Å²) in [5, 5.41) is 4.20. The monoisotopic (exact) mass is 300 g/mol. The van der Waals surface area contributed by atoms with Crippen LogP contribution >= 0.6 is 15.9 Å². The highest BCUT2D eigenvalue weighted by Gasteiger charge is 2.17. The molecule has 0 atom stereocenters. The lowest BCUT2D eigenvalue weighted by atomic mass is 10.2. The molecule has 0 aromatic carbocycles. The van der Waals surface area contributed by atoms with Crippen LogP contribution in [0.5, 0.6) is 0 Å². The zero-order valence-electron chi connectivity index (χ0n) is 9.63. The molecule has 3 heterocycles. The van der Waals surface area contributed by atoms with Gasteiger partial charge in [0.15, 0.2) is 0 Å². The van der Waals surface area contributed by atoms with Crippen LogP contribution in [0.2, 0.25) is 0 Å². The smallest absolute Gasteiger partial charge is 0.244 e. The van der Waals surface area contributed by atoms with Crippen LogP contribution in [0, 0.1) is 6.57 Å². The van der Waals surface area contributed by atoms with Crippen molar-refractivity contribution < 1.29 is 0 Å². The van der Waals surface area contributed by atoms with E-state index in [2.05, 4.69) is 25.9 Å². The van der Waals surface area contributed by atoms with Crippen LogP contribution in [-0.2, 0) is 7.05 Å². The zero-order valence-corrected chi connectivity index (χ0v) is 11.2. The third-order valence-corrected chi connectivity index (χ3v) is 3.49. The Balaban J connectivity index is 2.40. The van der Waals surface area contributed by atoms with Crippen molar-refractivity contribution >= 4 is 27.3 Å². The number of fused-ring (bicyclic) bond motifs is 1. The molecule has 0 bridgehead atoms. The average Bonchev–Trinajstić information content (AvgIpc) is 2.89. The van der Waals surface area contributed by atoms with Gasteiger partial charge in [0.05, 0.1) is 22.6 Å². The first-order chi connectivity index (χ1) is 8.72. The van der Waals surface area contributed by atoms with Crippen LogP contribution in [0.4, 0.5) is 5.82 Å². The summed E-state index contributed by atoms with van der Waals surface area (Å²) in [6.45, 7) is 7.39. The molecule has 3 rings (SSSR count). The van der Waals surface area contributed by atoms with Gasteiger partial charge in [0, 0.05) is 12.6 Å². The number of hydrogen-bond donors (Lipinski definition) is 0. The van der Waals surface area contributed by atoms with Crippen LogP contribution in [0.25, 0.3) is 21.6 Å². The molecule has 0 aliphatic carbocycles. The molecule has 0 amide bonds. The topological polar surface area (TPSA) is 26.6 Å². The molecule has 5 heteroatoms. The molecule has 0 saturated heterocycles. The molecule has 3 aromatic heterocycles. The van der Waals surface area contributed by atoms with Gasteiger partial charge in [-0.1, -0.05) is 12.6 Å². The molecule has 0 saturated carbocycles. The summed E-state index contributed by atoms with van der Waals surface area (Å²) in [6.07, 6.45) is 3.64. The third kappa shape index (κ3) is 1.46. The maximum atomic E-state index is 7.39. The standard InChI is InChI=1S/C13H9BrN4/c1-15-13-10(12-11(14)8-16-17(12)2)7-9-5-3-4-6-18(9)13/h3-8H,2H3. The Bertz CT molecular complexity index is 756. The van der Waals surface area contributed by atoms with Crippen LogP contribution < -0.4 is 0 Å². The number of pyridine rings is 1. The zero-order chi connectivity index (χ0) is 12.7. The average molecular weight is 301 g/mol. The highest BCUT2D eigenvalue weighted by atomic mass is 79.9. The SMILES string of the molecule is [C-]#[N+]c1c(-c2c(Br)cnn2C)cc2ccccn12. The molecule has 88 valence electrons. The van der Waals surface area contributed by atoms with Gasteiger partial charge in [0.25, 0.3) is 0 Å². The van der Waals surface area contributed by atoms with Crippen molar-refractivity contribution in [3.63, 3.8) is 0 Å². The maximum absolute atomic E-state index is 7.39. The van der Waals surface area contributed by atoms with Gasteiger partial charge in [-0.3, -0.25) is 9.08 Å². The van der Waals surface area contributed by atoms with E-state index in [0.29, 0.717) is 5.82 Å². The fraction of sp³-hybridized carbons (Fsp3) is 0.0769. The summed E-state index contributed by atoms with van der Waals surface area (Å²) < 4.78 is 4.56. The number of halogens is 1. The fourth-order valence-electron chi connectivity index (χ4n) is 2.11. The predicted molar refractivity (Wildman–Crippen MR) is 73.6 cm³/mol. The molecule has 0 unspecified atom stereocenters. The van der Waals surface area contributed by atoms with Crippen LogP contribution in [0.15, 0.2) is 41.1 Å². The summed E-state index contributed by atoms with van der Waals surface area (Å²) in [7, 11) is 1.87. The van der Waals surface area contributed by atoms with E-state index in [4.69, 9.17) is 6.57 Å². The molecule has 4 nitrogen and oxygen atoms in total. The summed E-state index contributed by atoms with van der Waals surface area (Å²) in [5.41, 5.74) is 2.82. The first-order valence-corrected chi connectivity index (χ1v) is 6.17. The van der Waals surface area contributed by atoms with Crippen molar-refractivity contribution in [2.45, 2.75) is 0 Å². The van der Waals surface area contributed by atoms with Crippen molar-refractivity contribution in [2.24, 2.45) is 7.05 Å². The Morgan fingerprint density at radius 3 is 2.89 bits per heavy atom. The molecule has 0 aliphatic heterocycles. The van der Waals surface area contributed by atoms with E-state index in [1.807, 2.05) is 41.9 Å². The lowest BCUT2D eigenvalue weighted by Crippen LogP contribution is -1.92. The van der Waals surface area contributed by atoms with Crippen molar-refractivity contribution in [3.05, 3.63) is 52.5 Å². The Morgan fingerprint density at radius 2 is 2.22 bits per heavy atom. The number of aryl methyl sites for hydroxylation is 1. The summed E-state index contributed by atoms with van der Waals surface area (Å²) in [5.74, 6) is 0.606. The summed E-state index contributed by atoms with van der Waals surface area (Å²) in [6, 6.07) is 7.88. The molecule has 0 fully saturated rings. The Morgan fingerprint density at radius 1 is 1.39 bits per heavy atom. The number of aromatic nitrogens is 3. The number of hydrogen-bond acceptors (Lipinski definition) is 1. The molecule has 18 heavy (non-hydrogen) atoms.